The molecule has 0 aromatic carbocycles. The Morgan fingerprint density at radius 3 is 0.952 bits per heavy atom. The maximum atomic E-state index is 8.36. The molecule has 0 spiro atoms. The summed E-state index contributed by atoms with van der Waals surface area (Å²) in [6.07, 6.45) is 3.49. The molecule has 0 aromatic heterocycles. The third kappa shape index (κ3) is 272. The standard InChI is InChI=1S/2C4H10O.2C3H8O.C2H6O/c1-3-4(2)5;1-2-3-4-5;1-3(2)4;1-2-3-4;1-2-3/h4-5H,3H2,1-2H3;5H,2-4H2,1H3;3-4H,1-2H3;4H,2-3H2,1H3;3H,2H2,1H3. The molecule has 0 aliphatic carbocycles. The fourth-order valence-electron chi connectivity index (χ4n) is 0.158. The van der Waals surface area contributed by atoms with Gasteiger partial charge in [0, 0.05) is 25.9 Å². The van der Waals surface area contributed by atoms with Gasteiger partial charge in [-0.3, -0.25) is 0 Å². The topological polar surface area (TPSA) is 101 Å². The zero-order valence-corrected chi connectivity index (χ0v) is 15.3. The third-order valence-electron chi connectivity index (χ3n) is 1.33. The highest BCUT2D eigenvalue weighted by Crippen LogP contribution is 1.81. The second kappa shape index (κ2) is 42.7. The first-order valence-electron chi connectivity index (χ1n) is 7.93. The molecule has 0 bridgehead atoms. The molecule has 5 N–H and O–H groups in total. The zero-order chi connectivity index (χ0) is 18.1. The fourth-order valence-corrected chi connectivity index (χ4v) is 0.158. The Morgan fingerprint density at radius 1 is 0.714 bits per heavy atom. The minimum absolute atomic E-state index is 0.116. The highest BCUT2D eigenvalue weighted by molar-refractivity contribution is 4.34. The van der Waals surface area contributed by atoms with Crippen molar-refractivity contribution in [3.05, 3.63) is 0 Å². The van der Waals surface area contributed by atoms with Crippen molar-refractivity contribution in [1.29, 1.82) is 0 Å². The molecule has 0 aliphatic heterocycles. The summed E-state index contributed by atoms with van der Waals surface area (Å²) in [5, 5.41) is 39.9. The van der Waals surface area contributed by atoms with E-state index >= 15 is 0 Å². The van der Waals surface area contributed by atoms with Gasteiger partial charge in [-0.25, -0.2) is 0 Å². The quantitative estimate of drug-likeness (QED) is 0.548. The lowest BCUT2D eigenvalue weighted by Crippen LogP contribution is -1.93. The molecule has 21 heavy (non-hydrogen) atoms. The number of hydrogen-bond acceptors (Lipinski definition) is 5. The van der Waals surface area contributed by atoms with Crippen LogP contribution in [0, 0.1) is 0 Å². The molecule has 0 rings (SSSR count). The van der Waals surface area contributed by atoms with Gasteiger partial charge >= 0.3 is 0 Å². The molecule has 1 unspecified atom stereocenters. The second-order valence-corrected chi connectivity index (χ2v) is 4.47. The Balaban J connectivity index is -0.0000000514. The van der Waals surface area contributed by atoms with Crippen LogP contribution >= 0.6 is 0 Å². The van der Waals surface area contributed by atoms with Crippen molar-refractivity contribution in [1.82, 2.24) is 0 Å². The van der Waals surface area contributed by atoms with Gasteiger partial charge in [0.2, 0.25) is 0 Å². The van der Waals surface area contributed by atoms with E-state index in [4.69, 9.17) is 25.5 Å². The molecule has 0 radical (unpaired) electrons. The molecular weight excluding hydrogens is 272 g/mol. The van der Waals surface area contributed by atoms with Crippen molar-refractivity contribution in [3.8, 4) is 0 Å². The molecule has 0 aliphatic rings. The van der Waals surface area contributed by atoms with Crippen LogP contribution in [0.3, 0.4) is 0 Å². The Kier molecular flexibility index (Phi) is 66.4. The first kappa shape index (κ1) is 32.7. The lowest BCUT2D eigenvalue weighted by atomic mass is 10.3. The van der Waals surface area contributed by atoms with E-state index in [1.54, 1.807) is 27.7 Å². The molecule has 0 saturated heterocycles. The van der Waals surface area contributed by atoms with Crippen molar-refractivity contribution in [2.45, 2.75) is 86.4 Å². The summed E-state index contributed by atoms with van der Waals surface area (Å²) < 4.78 is 0. The predicted octanol–water partition coefficient (Wildman–Crippen LogP) is 2.33. The van der Waals surface area contributed by atoms with E-state index < -0.39 is 0 Å². The van der Waals surface area contributed by atoms with Crippen molar-refractivity contribution in [2.75, 3.05) is 19.8 Å². The van der Waals surface area contributed by atoms with Gasteiger partial charge in [0.1, 0.15) is 0 Å². The molecule has 0 aromatic rings. The van der Waals surface area contributed by atoms with E-state index in [1.807, 2.05) is 13.8 Å². The summed E-state index contributed by atoms with van der Waals surface area (Å²) in [5.41, 5.74) is 0. The lowest BCUT2D eigenvalue weighted by Gasteiger charge is -1.90. The Morgan fingerprint density at radius 2 is 0.952 bits per heavy atom. The van der Waals surface area contributed by atoms with Crippen LogP contribution in [-0.2, 0) is 0 Å². The van der Waals surface area contributed by atoms with Crippen LogP contribution in [0.1, 0.15) is 74.1 Å². The van der Waals surface area contributed by atoms with Crippen LogP contribution in [0.2, 0.25) is 0 Å². The molecule has 0 amide bonds. The van der Waals surface area contributed by atoms with Crippen LogP contribution in [0.15, 0.2) is 0 Å². The summed E-state index contributed by atoms with van der Waals surface area (Å²) in [4.78, 5) is 0. The normalized spacial score (nSPS) is 9.57. The molecule has 0 saturated carbocycles. The maximum Gasteiger partial charge on any atom is 0.0509 e. The highest BCUT2D eigenvalue weighted by atomic mass is 16.3. The summed E-state index contributed by atoms with van der Waals surface area (Å²) in [6, 6.07) is 0. The van der Waals surface area contributed by atoms with E-state index in [1.165, 1.54) is 0 Å². The van der Waals surface area contributed by atoms with Crippen LogP contribution in [0.5, 0.6) is 0 Å². The molecule has 5 heteroatoms. The zero-order valence-electron chi connectivity index (χ0n) is 15.3. The summed E-state index contributed by atoms with van der Waals surface area (Å²) in [7, 11) is 0. The Labute approximate surface area is 132 Å². The van der Waals surface area contributed by atoms with E-state index in [2.05, 4.69) is 6.92 Å². The van der Waals surface area contributed by atoms with Gasteiger partial charge in [-0.15, -0.1) is 0 Å². The average Bonchev–Trinajstić information content (AvgIpc) is 2.41. The van der Waals surface area contributed by atoms with Crippen molar-refractivity contribution < 1.29 is 25.5 Å². The highest BCUT2D eigenvalue weighted by Gasteiger charge is 1.81. The van der Waals surface area contributed by atoms with Gasteiger partial charge in [-0.1, -0.05) is 27.2 Å². The molecular formula is C16H42O5. The molecule has 0 fully saturated rings. The van der Waals surface area contributed by atoms with Crippen molar-refractivity contribution >= 4 is 0 Å². The van der Waals surface area contributed by atoms with Gasteiger partial charge in [-0.05, 0) is 47.0 Å². The van der Waals surface area contributed by atoms with Gasteiger partial charge in [0.05, 0.1) is 6.10 Å². The number of aliphatic hydroxyl groups is 5. The first-order valence-corrected chi connectivity index (χ1v) is 7.93. The van der Waals surface area contributed by atoms with Gasteiger partial charge in [0.15, 0.2) is 0 Å². The van der Waals surface area contributed by atoms with Crippen molar-refractivity contribution in [2.24, 2.45) is 0 Å². The van der Waals surface area contributed by atoms with Gasteiger partial charge in [-0.2, -0.15) is 0 Å². The second-order valence-electron chi connectivity index (χ2n) is 4.47. The minimum atomic E-state index is -0.167. The summed E-state index contributed by atoms with van der Waals surface area (Å²) in [5.74, 6) is 0. The van der Waals surface area contributed by atoms with E-state index in [-0.39, 0.29) is 18.8 Å². The first-order chi connectivity index (χ1) is 9.74. The largest absolute Gasteiger partial charge is 0.397 e. The predicted molar refractivity (Wildman–Crippen MR) is 91.5 cm³/mol. The fraction of sp³-hybridized carbons (Fsp3) is 1.00. The monoisotopic (exact) mass is 314 g/mol. The minimum Gasteiger partial charge on any atom is -0.397 e. The third-order valence-corrected chi connectivity index (χ3v) is 1.33. The average molecular weight is 315 g/mol. The van der Waals surface area contributed by atoms with Gasteiger partial charge in [0.25, 0.3) is 0 Å². The van der Waals surface area contributed by atoms with Crippen LogP contribution < -0.4 is 0 Å². The van der Waals surface area contributed by atoms with Crippen LogP contribution in [0.4, 0.5) is 0 Å². The van der Waals surface area contributed by atoms with Gasteiger partial charge < -0.3 is 25.5 Å². The Bertz CT molecular complexity index is 102. The Hall–Kier alpha value is -0.200. The number of aliphatic hydroxyl groups excluding tert-OH is 5. The summed E-state index contributed by atoms with van der Waals surface area (Å²) in [6.45, 7) is 13.7. The summed E-state index contributed by atoms with van der Waals surface area (Å²) >= 11 is 0. The van der Waals surface area contributed by atoms with E-state index in [0.29, 0.717) is 13.2 Å². The van der Waals surface area contributed by atoms with E-state index in [9.17, 15) is 0 Å². The smallest absolute Gasteiger partial charge is 0.0509 e. The number of rotatable bonds is 4. The molecule has 1 atom stereocenters. The van der Waals surface area contributed by atoms with E-state index in [0.717, 1.165) is 25.7 Å². The van der Waals surface area contributed by atoms with Crippen LogP contribution in [0.25, 0.3) is 0 Å². The van der Waals surface area contributed by atoms with Crippen LogP contribution in [-0.4, -0.2) is 57.6 Å². The SMILES string of the molecule is CC(C)O.CCC(C)O.CCCCO.CCCO.CCO. The molecule has 0 heterocycles. The van der Waals surface area contributed by atoms with Crippen molar-refractivity contribution in [3.63, 3.8) is 0 Å². The molecule has 5 nitrogen and oxygen atoms in total. The number of unbranched alkanes of at least 4 members (excludes halogenated alkanes) is 1. The molecule has 136 valence electrons. The number of hydrogen-bond donors (Lipinski definition) is 5. The maximum absolute atomic E-state index is 8.36. The lowest BCUT2D eigenvalue weighted by molar-refractivity contribution is 0.191.